The summed E-state index contributed by atoms with van der Waals surface area (Å²) in [6.07, 6.45) is 5.94. The fourth-order valence-corrected chi connectivity index (χ4v) is 3.44. The van der Waals surface area contributed by atoms with E-state index in [1.807, 2.05) is 44.3 Å². The number of aromatic nitrogens is 4. The van der Waals surface area contributed by atoms with E-state index in [9.17, 15) is 4.79 Å². The van der Waals surface area contributed by atoms with Crippen molar-refractivity contribution in [2.45, 2.75) is 32.4 Å². The van der Waals surface area contributed by atoms with Crippen molar-refractivity contribution in [3.63, 3.8) is 0 Å². The molecule has 1 atom stereocenters. The fourth-order valence-electron chi connectivity index (χ4n) is 3.44. The van der Waals surface area contributed by atoms with Crippen molar-refractivity contribution in [2.75, 3.05) is 25.0 Å². The molecule has 0 saturated carbocycles. The smallest absolute Gasteiger partial charge is 0.410 e. The van der Waals surface area contributed by atoms with Gasteiger partial charge in [-0.1, -0.05) is 6.07 Å². The van der Waals surface area contributed by atoms with Gasteiger partial charge in [0.05, 0.1) is 29.6 Å². The Balaban J connectivity index is 1.55. The minimum Gasteiger partial charge on any atom is -0.447 e. The Kier molecular flexibility index (Phi) is 4.85. The molecule has 1 saturated heterocycles. The summed E-state index contributed by atoms with van der Waals surface area (Å²) in [5.41, 5.74) is 2.51. The van der Waals surface area contributed by atoms with Crippen molar-refractivity contribution in [1.29, 1.82) is 0 Å². The van der Waals surface area contributed by atoms with Crippen molar-refractivity contribution in [3.05, 3.63) is 42.9 Å². The van der Waals surface area contributed by atoms with Gasteiger partial charge in [0.15, 0.2) is 5.65 Å². The number of hydrogen-bond acceptors (Lipinski definition) is 6. The number of rotatable bonds is 4. The van der Waals surface area contributed by atoms with Gasteiger partial charge in [0.25, 0.3) is 0 Å². The van der Waals surface area contributed by atoms with Gasteiger partial charge >= 0.3 is 6.09 Å². The fraction of sp³-hybridized carbons (Fsp3) is 0.400. The highest BCUT2D eigenvalue weighted by atomic mass is 16.6. The zero-order chi connectivity index (χ0) is 19.7. The van der Waals surface area contributed by atoms with Gasteiger partial charge in [-0.15, -0.1) is 0 Å². The molecule has 0 aliphatic carbocycles. The maximum absolute atomic E-state index is 12.2. The van der Waals surface area contributed by atoms with Gasteiger partial charge < -0.3 is 14.5 Å². The zero-order valence-corrected chi connectivity index (χ0v) is 16.3. The van der Waals surface area contributed by atoms with Gasteiger partial charge in [0, 0.05) is 32.5 Å². The van der Waals surface area contributed by atoms with E-state index in [1.54, 1.807) is 28.9 Å². The molecule has 4 heterocycles. The lowest BCUT2D eigenvalue weighted by molar-refractivity contribution is 0.0748. The van der Waals surface area contributed by atoms with Crippen LogP contribution in [0.3, 0.4) is 0 Å². The first kappa shape index (κ1) is 18.2. The number of fused-ring (bicyclic) bond motifs is 1. The molecule has 8 heteroatoms. The number of ether oxygens (including phenoxy) is 1. The molecule has 8 nitrogen and oxygen atoms in total. The number of pyridine rings is 1. The lowest BCUT2D eigenvalue weighted by atomic mass is 10.2. The molecule has 0 unspecified atom stereocenters. The predicted molar refractivity (Wildman–Crippen MR) is 106 cm³/mol. The second-order valence-electron chi connectivity index (χ2n) is 7.26. The van der Waals surface area contributed by atoms with Crippen LogP contribution in [0.4, 0.5) is 10.6 Å². The molecule has 3 aromatic rings. The van der Waals surface area contributed by atoms with E-state index >= 15 is 0 Å². The topological polar surface area (TPSA) is 75.9 Å². The quantitative estimate of drug-likeness (QED) is 0.693. The minimum absolute atomic E-state index is 0.101. The number of carbonyl (C=O) groups is 1. The maximum atomic E-state index is 12.2. The molecule has 28 heavy (non-hydrogen) atoms. The molecule has 0 spiro atoms. The summed E-state index contributed by atoms with van der Waals surface area (Å²) in [6, 6.07) is 7.85. The number of anilines is 1. The molecule has 0 N–H and O–H groups in total. The lowest BCUT2D eigenvalue weighted by Crippen LogP contribution is -2.40. The SMILES string of the molecule is CC(C)OC(=O)N(C)[C@H]1CCN(c2ccn3ncc(-c4ccccn4)c3n2)C1. The van der Waals surface area contributed by atoms with Crippen molar-refractivity contribution in [2.24, 2.45) is 0 Å². The highest BCUT2D eigenvalue weighted by Gasteiger charge is 2.30. The molecule has 0 radical (unpaired) electrons. The number of nitrogens with zero attached hydrogens (tertiary/aromatic N) is 6. The van der Waals surface area contributed by atoms with Gasteiger partial charge in [0.2, 0.25) is 0 Å². The molecule has 0 aromatic carbocycles. The second-order valence-corrected chi connectivity index (χ2v) is 7.26. The Morgan fingerprint density at radius 1 is 1.32 bits per heavy atom. The van der Waals surface area contributed by atoms with E-state index in [0.29, 0.717) is 0 Å². The van der Waals surface area contributed by atoms with Crippen LogP contribution in [0.25, 0.3) is 16.9 Å². The van der Waals surface area contributed by atoms with Crippen LogP contribution in [0.1, 0.15) is 20.3 Å². The summed E-state index contributed by atoms with van der Waals surface area (Å²) < 4.78 is 7.07. The first-order valence-corrected chi connectivity index (χ1v) is 9.47. The minimum atomic E-state index is -0.279. The Morgan fingerprint density at radius 3 is 2.93 bits per heavy atom. The van der Waals surface area contributed by atoms with Gasteiger partial charge in [-0.2, -0.15) is 5.10 Å². The summed E-state index contributed by atoms with van der Waals surface area (Å²) in [4.78, 5) is 25.3. The normalized spacial score (nSPS) is 16.7. The molecule has 0 bridgehead atoms. The molecule has 4 rings (SSSR count). The van der Waals surface area contributed by atoms with Crippen LogP contribution in [-0.4, -0.2) is 62.9 Å². The van der Waals surface area contributed by atoms with E-state index in [4.69, 9.17) is 9.72 Å². The van der Waals surface area contributed by atoms with Crippen molar-refractivity contribution in [3.8, 4) is 11.3 Å². The first-order chi connectivity index (χ1) is 13.5. The average molecular weight is 380 g/mol. The van der Waals surface area contributed by atoms with Crippen LogP contribution in [0.2, 0.25) is 0 Å². The van der Waals surface area contributed by atoms with Crippen LogP contribution in [0.5, 0.6) is 0 Å². The van der Waals surface area contributed by atoms with Crippen LogP contribution in [0.15, 0.2) is 42.9 Å². The Labute approximate surface area is 163 Å². The van der Waals surface area contributed by atoms with Crippen LogP contribution >= 0.6 is 0 Å². The van der Waals surface area contributed by atoms with Crippen LogP contribution < -0.4 is 4.90 Å². The largest absolute Gasteiger partial charge is 0.447 e. The number of likely N-dealkylation sites (N-methyl/N-ethyl adjacent to an activating group) is 1. The van der Waals surface area contributed by atoms with Gasteiger partial charge in [0.1, 0.15) is 5.82 Å². The predicted octanol–water partition coefficient (Wildman–Crippen LogP) is 2.85. The summed E-state index contributed by atoms with van der Waals surface area (Å²) in [6.45, 7) is 5.27. The van der Waals surface area contributed by atoms with Crippen LogP contribution in [0, 0.1) is 0 Å². The Hall–Kier alpha value is -3.16. The molecule has 1 amide bonds. The van der Waals surface area contributed by atoms with E-state index in [1.165, 1.54) is 0 Å². The number of hydrogen-bond donors (Lipinski definition) is 0. The van der Waals surface area contributed by atoms with Gasteiger partial charge in [-0.3, -0.25) is 4.98 Å². The maximum Gasteiger partial charge on any atom is 0.410 e. The van der Waals surface area contributed by atoms with Crippen LogP contribution in [-0.2, 0) is 4.74 Å². The molecular weight excluding hydrogens is 356 g/mol. The zero-order valence-electron chi connectivity index (χ0n) is 16.3. The molecular formula is C20H24N6O2. The third-order valence-corrected chi connectivity index (χ3v) is 4.95. The number of amides is 1. The van der Waals surface area contributed by atoms with E-state index in [0.717, 1.165) is 42.2 Å². The summed E-state index contributed by atoms with van der Waals surface area (Å²) in [5.74, 6) is 0.873. The van der Waals surface area contributed by atoms with Gasteiger partial charge in [-0.25, -0.2) is 14.3 Å². The van der Waals surface area contributed by atoms with E-state index in [-0.39, 0.29) is 18.2 Å². The number of carbonyl (C=O) groups excluding carboxylic acids is 1. The molecule has 1 fully saturated rings. The third kappa shape index (κ3) is 3.49. The highest BCUT2D eigenvalue weighted by Crippen LogP contribution is 2.25. The Bertz CT molecular complexity index is 971. The third-order valence-electron chi connectivity index (χ3n) is 4.95. The first-order valence-electron chi connectivity index (χ1n) is 9.47. The van der Waals surface area contributed by atoms with Crippen molar-refractivity contribution in [1.82, 2.24) is 24.5 Å². The molecule has 146 valence electrons. The van der Waals surface area contributed by atoms with E-state index < -0.39 is 0 Å². The summed E-state index contributed by atoms with van der Waals surface area (Å²) in [7, 11) is 1.80. The van der Waals surface area contributed by atoms with Crippen molar-refractivity contribution >= 4 is 17.6 Å². The second kappa shape index (κ2) is 7.46. The standard InChI is InChI=1S/C20H24N6O2/c1-14(2)28-20(27)24(3)15-7-10-25(13-15)18-8-11-26-19(23-18)16(12-22-26)17-6-4-5-9-21-17/h4-6,8-9,11-12,14-15H,7,10,13H2,1-3H3/t15-/m0/s1. The molecule has 1 aliphatic rings. The van der Waals surface area contributed by atoms with Gasteiger partial charge in [-0.05, 0) is 38.5 Å². The Morgan fingerprint density at radius 2 is 2.18 bits per heavy atom. The van der Waals surface area contributed by atoms with Crippen molar-refractivity contribution < 1.29 is 9.53 Å². The summed E-state index contributed by atoms with van der Waals surface area (Å²) in [5, 5.41) is 4.38. The lowest BCUT2D eigenvalue weighted by Gasteiger charge is -2.25. The monoisotopic (exact) mass is 380 g/mol. The molecule has 3 aromatic heterocycles. The van der Waals surface area contributed by atoms with E-state index in [2.05, 4.69) is 15.0 Å². The highest BCUT2D eigenvalue weighted by molar-refractivity contribution is 5.75. The average Bonchev–Trinajstić information content (AvgIpc) is 3.34. The summed E-state index contributed by atoms with van der Waals surface area (Å²) >= 11 is 0. The molecule has 1 aliphatic heterocycles.